The van der Waals surface area contributed by atoms with E-state index in [1.54, 1.807) is 0 Å². The number of hydrogen-bond donors (Lipinski definition) is 4. The normalized spacial score (nSPS) is 15.4. The van der Waals surface area contributed by atoms with Crippen molar-refractivity contribution in [1.82, 2.24) is 5.32 Å². The van der Waals surface area contributed by atoms with E-state index in [-0.39, 0.29) is 24.7 Å². The lowest BCUT2D eigenvalue weighted by atomic mass is 10.0. The van der Waals surface area contributed by atoms with Gasteiger partial charge in [-0.05, 0) is 43.7 Å². The summed E-state index contributed by atoms with van der Waals surface area (Å²) < 4.78 is 18.3. The predicted octanol–water partition coefficient (Wildman–Crippen LogP) is 3.28. The van der Waals surface area contributed by atoms with Crippen molar-refractivity contribution in [2.24, 2.45) is 11.7 Å². The van der Waals surface area contributed by atoms with Crippen LogP contribution in [-0.4, -0.2) is 40.3 Å². The van der Waals surface area contributed by atoms with Crippen LogP contribution in [0.1, 0.15) is 57.9 Å². The Balaban J connectivity index is 2.88. The highest BCUT2D eigenvalue weighted by molar-refractivity contribution is 7.53. The summed E-state index contributed by atoms with van der Waals surface area (Å²) in [5.41, 5.74) is 6.41. The molecule has 0 fully saturated rings. The van der Waals surface area contributed by atoms with E-state index < -0.39 is 25.5 Å². The molecule has 8 nitrogen and oxygen atoms in total. The Labute approximate surface area is 178 Å². The first-order valence-electron chi connectivity index (χ1n) is 10.5. The van der Waals surface area contributed by atoms with E-state index in [9.17, 15) is 24.2 Å². The maximum atomic E-state index is 13.1. The third kappa shape index (κ3) is 8.96. The molecule has 0 radical (unpaired) electrons. The van der Waals surface area contributed by atoms with Gasteiger partial charge in [0.25, 0.3) is 0 Å². The van der Waals surface area contributed by atoms with Crippen molar-refractivity contribution in [3.05, 3.63) is 35.9 Å². The number of rotatable bonds is 15. The van der Waals surface area contributed by atoms with Crippen LogP contribution < -0.4 is 11.1 Å². The summed E-state index contributed by atoms with van der Waals surface area (Å²) in [6.07, 6.45) is 1.44. The molecule has 0 aromatic heterocycles. The molecule has 0 heterocycles. The van der Waals surface area contributed by atoms with Crippen LogP contribution >= 0.6 is 7.60 Å². The number of benzene rings is 1. The molecule has 30 heavy (non-hydrogen) atoms. The number of aliphatic carboxylic acids is 1. The minimum Gasteiger partial charge on any atom is -0.479 e. The van der Waals surface area contributed by atoms with E-state index in [0.29, 0.717) is 38.6 Å². The van der Waals surface area contributed by atoms with Crippen molar-refractivity contribution in [3.63, 3.8) is 0 Å². The molecule has 0 saturated heterocycles. The number of aryl methyl sites for hydroxylation is 1. The highest BCUT2D eigenvalue weighted by Gasteiger charge is 2.41. The molecule has 170 valence electrons. The van der Waals surface area contributed by atoms with Gasteiger partial charge in [0.15, 0.2) is 6.10 Å². The van der Waals surface area contributed by atoms with Gasteiger partial charge in [0.05, 0.1) is 0 Å². The molecule has 0 spiro atoms. The van der Waals surface area contributed by atoms with Crippen molar-refractivity contribution < 1.29 is 28.7 Å². The van der Waals surface area contributed by atoms with Gasteiger partial charge >= 0.3 is 13.6 Å². The standard InChI is InChI=1S/C21H35N2O6P/c1-3-17(4-2)20(23-19(24)14-13-16-10-6-5-7-11-16)30(27,28)29-18(21(25)26)12-8-9-15-22/h5-7,10-11,17-18,20H,3-4,8-9,12-15,22H2,1-2H3,(H,23,24)(H,25,26)(H,27,28)/t18?,20-/m0/s1. The smallest absolute Gasteiger partial charge is 0.351 e. The zero-order valence-electron chi connectivity index (χ0n) is 17.8. The molecule has 1 rings (SSSR count). The Bertz CT molecular complexity index is 696. The molecule has 2 unspecified atom stereocenters. The Kier molecular flexibility index (Phi) is 11.9. The molecule has 0 bridgehead atoms. The van der Waals surface area contributed by atoms with Gasteiger partial charge in [-0.3, -0.25) is 13.9 Å². The first-order valence-corrected chi connectivity index (χ1v) is 12.2. The number of unbranched alkanes of at least 4 members (excludes halogenated alkanes) is 1. The molecular formula is C21H35N2O6P. The SMILES string of the molecule is CCC(CC)[C@@H](NC(=O)CCc1ccccc1)P(=O)(O)OC(CCCCN)C(=O)O. The van der Waals surface area contributed by atoms with Crippen molar-refractivity contribution >= 4 is 19.5 Å². The molecule has 1 aromatic rings. The maximum absolute atomic E-state index is 13.1. The van der Waals surface area contributed by atoms with E-state index in [4.69, 9.17) is 10.3 Å². The van der Waals surface area contributed by atoms with Gasteiger partial charge in [-0.15, -0.1) is 0 Å². The average Bonchev–Trinajstić information content (AvgIpc) is 2.72. The van der Waals surface area contributed by atoms with Gasteiger partial charge < -0.3 is 21.1 Å². The number of nitrogens with two attached hydrogens (primary N) is 1. The van der Waals surface area contributed by atoms with Gasteiger partial charge in [-0.25, -0.2) is 4.79 Å². The molecule has 1 aromatic carbocycles. The second kappa shape index (κ2) is 13.5. The molecule has 1 amide bonds. The van der Waals surface area contributed by atoms with E-state index in [1.165, 1.54) is 0 Å². The van der Waals surface area contributed by atoms with Gasteiger partial charge in [-0.1, -0.05) is 57.0 Å². The molecule has 0 aliphatic heterocycles. The Hall–Kier alpha value is -1.73. The van der Waals surface area contributed by atoms with E-state index >= 15 is 0 Å². The summed E-state index contributed by atoms with van der Waals surface area (Å²) in [6, 6.07) is 9.47. The van der Waals surface area contributed by atoms with E-state index in [0.717, 1.165) is 5.56 Å². The summed E-state index contributed by atoms with van der Waals surface area (Å²) in [5.74, 6) is -3.16. The topological polar surface area (TPSA) is 139 Å². The summed E-state index contributed by atoms with van der Waals surface area (Å²) in [6.45, 7) is 4.11. The van der Waals surface area contributed by atoms with Crippen LogP contribution in [0.15, 0.2) is 30.3 Å². The minimum absolute atomic E-state index is 0.0780. The zero-order chi connectivity index (χ0) is 22.6. The Morgan fingerprint density at radius 2 is 1.80 bits per heavy atom. The van der Waals surface area contributed by atoms with Gasteiger partial charge in [0.1, 0.15) is 5.78 Å². The van der Waals surface area contributed by atoms with Crippen LogP contribution in [0.4, 0.5) is 0 Å². The van der Waals surface area contributed by atoms with Crippen LogP contribution in [0.2, 0.25) is 0 Å². The first-order chi connectivity index (χ1) is 14.2. The van der Waals surface area contributed by atoms with E-state index in [2.05, 4.69) is 5.32 Å². The summed E-state index contributed by atoms with van der Waals surface area (Å²) in [7, 11) is -4.44. The maximum Gasteiger partial charge on any atom is 0.351 e. The quantitative estimate of drug-likeness (QED) is 0.241. The number of carbonyl (C=O) groups excluding carboxylic acids is 1. The van der Waals surface area contributed by atoms with Crippen molar-refractivity contribution in [3.8, 4) is 0 Å². The van der Waals surface area contributed by atoms with Crippen LogP contribution in [0.25, 0.3) is 0 Å². The fraction of sp³-hybridized carbons (Fsp3) is 0.619. The highest BCUT2D eigenvalue weighted by atomic mass is 31.2. The van der Waals surface area contributed by atoms with Crippen LogP contribution in [0.3, 0.4) is 0 Å². The van der Waals surface area contributed by atoms with E-state index in [1.807, 2.05) is 44.2 Å². The number of nitrogens with one attached hydrogen (secondary N) is 1. The molecule has 5 N–H and O–H groups in total. The number of hydrogen-bond acceptors (Lipinski definition) is 5. The first kappa shape index (κ1) is 26.3. The monoisotopic (exact) mass is 442 g/mol. The van der Waals surface area contributed by atoms with Crippen molar-refractivity contribution in [1.29, 1.82) is 0 Å². The molecule has 0 aliphatic carbocycles. The molecule has 9 heteroatoms. The van der Waals surface area contributed by atoms with Crippen molar-refractivity contribution in [2.45, 2.75) is 70.7 Å². The predicted molar refractivity (Wildman–Crippen MR) is 116 cm³/mol. The third-order valence-corrected chi connectivity index (χ3v) is 6.92. The lowest BCUT2D eigenvalue weighted by molar-refractivity contribution is -0.145. The second-order valence-corrected chi connectivity index (χ2v) is 9.25. The lowest BCUT2D eigenvalue weighted by Crippen LogP contribution is -2.41. The Morgan fingerprint density at radius 3 is 2.33 bits per heavy atom. The fourth-order valence-electron chi connectivity index (χ4n) is 3.28. The van der Waals surface area contributed by atoms with Gasteiger partial charge in [0.2, 0.25) is 5.91 Å². The summed E-state index contributed by atoms with van der Waals surface area (Å²) >= 11 is 0. The molecule has 3 atom stereocenters. The van der Waals surface area contributed by atoms with Crippen LogP contribution in [-0.2, 0) is 25.1 Å². The third-order valence-electron chi connectivity index (χ3n) is 5.11. The zero-order valence-corrected chi connectivity index (χ0v) is 18.7. The average molecular weight is 442 g/mol. The minimum atomic E-state index is -4.44. The lowest BCUT2D eigenvalue weighted by Gasteiger charge is -2.31. The molecular weight excluding hydrogens is 407 g/mol. The summed E-state index contributed by atoms with van der Waals surface area (Å²) in [5, 5.41) is 12.0. The highest BCUT2D eigenvalue weighted by Crippen LogP contribution is 2.52. The number of carboxylic acids is 1. The van der Waals surface area contributed by atoms with Crippen molar-refractivity contribution in [2.75, 3.05) is 6.54 Å². The number of amides is 1. The Morgan fingerprint density at radius 1 is 1.17 bits per heavy atom. The van der Waals surface area contributed by atoms with Crippen LogP contribution in [0.5, 0.6) is 0 Å². The largest absolute Gasteiger partial charge is 0.479 e. The van der Waals surface area contributed by atoms with Crippen LogP contribution in [0, 0.1) is 5.92 Å². The second-order valence-electron chi connectivity index (χ2n) is 7.36. The van der Waals surface area contributed by atoms with Gasteiger partial charge in [-0.2, -0.15) is 0 Å². The van der Waals surface area contributed by atoms with Gasteiger partial charge in [0, 0.05) is 6.42 Å². The fourth-order valence-corrected chi connectivity index (χ4v) is 5.24. The summed E-state index contributed by atoms with van der Waals surface area (Å²) in [4.78, 5) is 34.7. The molecule has 0 aliphatic rings. The number of carboxylic acid groups (broad SMARTS) is 1. The number of carbonyl (C=O) groups is 2. The molecule has 0 saturated carbocycles.